The van der Waals surface area contributed by atoms with Gasteiger partial charge in [0.25, 0.3) is 0 Å². The van der Waals surface area contributed by atoms with Gasteiger partial charge in [0.15, 0.2) is 0 Å². The van der Waals surface area contributed by atoms with Crippen molar-refractivity contribution in [1.82, 2.24) is 10.6 Å². The minimum Gasteiger partial charge on any atom is -0.346 e. The lowest BCUT2D eigenvalue weighted by Gasteiger charge is -2.35. The Morgan fingerprint density at radius 1 is 1.25 bits per heavy atom. The lowest BCUT2D eigenvalue weighted by atomic mass is 9.82. The van der Waals surface area contributed by atoms with E-state index >= 15 is 0 Å². The Morgan fingerprint density at radius 3 is 2.56 bits per heavy atom. The highest BCUT2D eigenvalue weighted by molar-refractivity contribution is 5.77. The van der Waals surface area contributed by atoms with E-state index in [9.17, 15) is 14.9 Å². The number of nitrogens with one attached hydrogen (secondary N) is 2. The number of piperidine rings is 2. The molecule has 0 aliphatic carbocycles. The van der Waals surface area contributed by atoms with E-state index in [1.807, 2.05) is 0 Å². The maximum Gasteiger partial charge on any atom is 0.233 e. The zero-order valence-corrected chi connectivity index (χ0v) is 9.15. The molecule has 6 nitrogen and oxygen atoms in total. The molecule has 2 fully saturated rings. The summed E-state index contributed by atoms with van der Waals surface area (Å²) in [5.41, 5.74) is 0. The Bertz CT molecular complexity index is 289. The molecule has 0 aromatic heterocycles. The third kappa shape index (κ3) is 2.32. The van der Waals surface area contributed by atoms with Crippen LogP contribution in [0.25, 0.3) is 0 Å². The second kappa shape index (κ2) is 4.78. The molecule has 0 bridgehead atoms. The summed E-state index contributed by atoms with van der Waals surface area (Å²) in [5.74, 6) is 0.211. The molecule has 2 aliphatic heterocycles. The van der Waals surface area contributed by atoms with Gasteiger partial charge in [0.2, 0.25) is 11.9 Å². The Balaban J connectivity index is 2.06. The van der Waals surface area contributed by atoms with Crippen molar-refractivity contribution in [2.45, 2.75) is 37.8 Å². The van der Waals surface area contributed by atoms with Crippen molar-refractivity contribution in [3.8, 4) is 0 Å². The fourth-order valence-corrected chi connectivity index (χ4v) is 2.68. The lowest BCUT2D eigenvalue weighted by Crippen LogP contribution is -2.56. The molecule has 2 saturated heterocycles. The summed E-state index contributed by atoms with van der Waals surface area (Å²) < 4.78 is 0. The molecule has 0 spiro atoms. The van der Waals surface area contributed by atoms with Crippen LogP contribution in [0.2, 0.25) is 0 Å². The molecule has 2 atom stereocenters. The van der Waals surface area contributed by atoms with E-state index < -0.39 is 6.04 Å². The van der Waals surface area contributed by atoms with Crippen LogP contribution in [0.4, 0.5) is 0 Å². The predicted molar refractivity (Wildman–Crippen MR) is 57.5 cm³/mol. The monoisotopic (exact) mass is 227 g/mol. The molecule has 2 aliphatic rings. The number of carbonyl (C=O) groups is 1. The van der Waals surface area contributed by atoms with Crippen molar-refractivity contribution in [3.05, 3.63) is 10.1 Å². The fraction of sp³-hybridized carbons (Fsp3) is 0.900. The van der Waals surface area contributed by atoms with Crippen LogP contribution in [0.5, 0.6) is 0 Å². The predicted octanol–water partition coefficient (Wildman–Crippen LogP) is -0.0901. The Labute approximate surface area is 93.9 Å². The summed E-state index contributed by atoms with van der Waals surface area (Å²) in [5, 5.41) is 17.0. The Hall–Kier alpha value is -1.17. The van der Waals surface area contributed by atoms with E-state index in [2.05, 4.69) is 10.6 Å². The van der Waals surface area contributed by atoms with Crippen molar-refractivity contribution in [2.75, 3.05) is 13.1 Å². The van der Waals surface area contributed by atoms with Gasteiger partial charge in [-0.1, -0.05) is 0 Å². The number of nitrogens with zero attached hydrogens (tertiary/aromatic N) is 1. The van der Waals surface area contributed by atoms with E-state index in [-0.39, 0.29) is 29.2 Å². The van der Waals surface area contributed by atoms with Crippen LogP contribution in [-0.2, 0) is 4.79 Å². The first-order valence-corrected chi connectivity index (χ1v) is 5.82. The van der Waals surface area contributed by atoms with Gasteiger partial charge in [-0.3, -0.25) is 14.9 Å². The quantitative estimate of drug-likeness (QED) is 0.510. The molecule has 0 aromatic rings. The van der Waals surface area contributed by atoms with Gasteiger partial charge in [-0.15, -0.1) is 0 Å². The number of carbonyl (C=O) groups excluding carboxylic acids is 1. The van der Waals surface area contributed by atoms with Crippen molar-refractivity contribution < 1.29 is 9.72 Å². The van der Waals surface area contributed by atoms with Crippen LogP contribution in [0.1, 0.15) is 25.7 Å². The van der Waals surface area contributed by atoms with Gasteiger partial charge in [0.1, 0.15) is 0 Å². The van der Waals surface area contributed by atoms with Crippen molar-refractivity contribution in [3.63, 3.8) is 0 Å². The van der Waals surface area contributed by atoms with Crippen LogP contribution in [0.3, 0.4) is 0 Å². The summed E-state index contributed by atoms with van der Waals surface area (Å²) in [7, 11) is 0. The molecule has 1 amide bonds. The van der Waals surface area contributed by atoms with Crippen LogP contribution in [0.15, 0.2) is 0 Å². The molecule has 0 radical (unpaired) electrons. The van der Waals surface area contributed by atoms with Crippen LogP contribution in [0, 0.1) is 16.0 Å². The minimum atomic E-state index is -0.596. The zero-order valence-electron chi connectivity index (χ0n) is 9.15. The molecular formula is C10H17N3O3. The van der Waals surface area contributed by atoms with Crippen molar-refractivity contribution >= 4 is 5.91 Å². The van der Waals surface area contributed by atoms with Crippen molar-refractivity contribution in [1.29, 1.82) is 0 Å². The molecule has 0 unspecified atom stereocenters. The minimum absolute atomic E-state index is 0.0402. The average Bonchev–Trinajstić information content (AvgIpc) is 2.29. The first-order chi connectivity index (χ1) is 7.68. The van der Waals surface area contributed by atoms with Gasteiger partial charge in [0.05, 0.1) is 6.04 Å². The topological polar surface area (TPSA) is 84.3 Å². The summed E-state index contributed by atoms with van der Waals surface area (Å²) in [6.45, 7) is 1.78. The molecule has 2 rings (SSSR count). The number of hydrogen-bond donors (Lipinski definition) is 2. The Kier molecular flexibility index (Phi) is 3.38. The van der Waals surface area contributed by atoms with Gasteiger partial charge in [-0.25, -0.2) is 0 Å². The third-order valence-corrected chi connectivity index (χ3v) is 3.57. The Morgan fingerprint density at radius 2 is 1.94 bits per heavy atom. The van der Waals surface area contributed by atoms with Gasteiger partial charge in [0, 0.05) is 17.8 Å². The molecule has 6 heteroatoms. The largest absolute Gasteiger partial charge is 0.346 e. The van der Waals surface area contributed by atoms with E-state index in [4.69, 9.17) is 0 Å². The molecule has 0 saturated carbocycles. The molecule has 0 aromatic carbocycles. The van der Waals surface area contributed by atoms with Crippen molar-refractivity contribution in [2.24, 2.45) is 5.92 Å². The average molecular weight is 227 g/mol. The SMILES string of the molecule is O=C1CC[C@@H]([N+](=O)[O-])[C@H](C2CCNCC2)N1. The van der Waals surface area contributed by atoms with Gasteiger partial charge >= 0.3 is 0 Å². The second-order valence-corrected chi connectivity index (χ2v) is 4.57. The van der Waals surface area contributed by atoms with Crippen LogP contribution >= 0.6 is 0 Å². The number of nitro groups is 1. The summed E-state index contributed by atoms with van der Waals surface area (Å²) in [4.78, 5) is 22.1. The van der Waals surface area contributed by atoms with Gasteiger partial charge in [-0.2, -0.15) is 0 Å². The standard InChI is InChI=1S/C10H17N3O3/c14-9-2-1-8(13(15)16)10(12-9)7-3-5-11-6-4-7/h7-8,10-11H,1-6H2,(H,12,14)/t8-,10+/m1/s1. The van der Waals surface area contributed by atoms with E-state index in [1.54, 1.807) is 0 Å². The van der Waals surface area contributed by atoms with E-state index in [1.165, 1.54) is 0 Å². The number of amides is 1. The maximum atomic E-state index is 11.3. The molecule has 2 heterocycles. The smallest absolute Gasteiger partial charge is 0.233 e. The number of rotatable bonds is 2. The molecular weight excluding hydrogens is 210 g/mol. The highest BCUT2D eigenvalue weighted by Gasteiger charge is 2.41. The van der Waals surface area contributed by atoms with Crippen LogP contribution < -0.4 is 10.6 Å². The third-order valence-electron chi connectivity index (χ3n) is 3.57. The highest BCUT2D eigenvalue weighted by Crippen LogP contribution is 2.25. The maximum absolute atomic E-state index is 11.3. The summed E-state index contributed by atoms with van der Waals surface area (Å²) >= 11 is 0. The lowest BCUT2D eigenvalue weighted by molar-refractivity contribution is -0.530. The number of hydrogen-bond acceptors (Lipinski definition) is 4. The normalized spacial score (nSPS) is 32.1. The summed E-state index contributed by atoms with van der Waals surface area (Å²) in [6, 6.07) is -0.862. The molecule has 16 heavy (non-hydrogen) atoms. The van der Waals surface area contributed by atoms with E-state index in [0.717, 1.165) is 25.9 Å². The second-order valence-electron chi connectivity index (χ2n) is 4.57. The zero-order chi connectivity index (χ0) is 11.5. The van der Waals surface area contributed by atoms with Crippen LogP contribution in [-0.4, -0.2) is 36.0 Å². The first kappa shape index (κ1) is 11.3. The fourth-order valence-electron chi connectivity index (χ4n) is 2.68. The van der Waals surface area contributed by atoms with E-state index in [0.29, 0.717) is 6.42 Å². The molecule has 2 N–H and O–H groups in total. The highest BCUT2D eigenvalue weighted by atomic mass is 16.6. The van der Waals surface area contributed by atoms with Gasteiger partial charge in [-0.05, 0) is 31.8 Å². The first-order valence-electron chi connectivity index (χ1n) is 5.82. The van der Waals surface area contributed by atoms with Gasteiger partial charge < -0.3 is 10.6 Å². The summed E-state index contributed by atoms with van der Waals surface area (Å²) in [6.07, 6.45) is 2.49. The molecule has 90 valence electrons.